The smallest absolute Gasteiger partial charge is 0.412 e. The van der Waals surface area contributed by atoms with E-state index in [2.05, 4.69) is 9.46 Å². The predicted octanol–water partition coefficient (Wildman–Crippen LogP) is 3.17. The maximum Gasteiger partial charge on any atom is 0.412 e. The van der Waals surface area contributed by atoms with Gasteiger partial charge in [0.15, 0.2) is 0 Å². The number of carbonyl (C=O) groups is 2. The summed E-state index contributed by atoms with van der Waals surface area (Å²) >= 11 is 0. The Morgan fingerprint density at radius 2 is 1.81 bits per heavy atom. The van der Waals surface area contributed by atoms with E-state index in [4.69, 9.17) is 14.9 Å². The van der Waals surface area contributed by atoms with Crippen molar-refractivity contribution in [2.45, 2.75) is 24.8 Å². The molecule has 0 fully saturated rings. The predicted molar refractivity (Wildman–Crippen MR) is 109 cm³/mol. The molecule has 0 radical (unpaired) electrons. The molecule has 0 aliphatic heterocycles. The highest BCUT2D eigenvalue weighted by molar-refractivity contribution is 7.89. The normalized spacial score (nSPS) is 11.6. The Morgan fingerprint density at radius 3 is 2.35 bits per heavy atom. The summed E-state index contributed by atoms with van der Waals surface area (Å²) in [6.45, 7) is 3.39. The van der Waals surface area contributed by atoms with Crippen molar-refractivity contribution in [2.24, 2.45) is 5.73 Å². The van der Waals surface area contributed by atoms with Gasteiger partial charge in [-0.25, -0.2) is 27.1 Å². The Bertz CT molecular complexity index is 1260. The fourth-order valence-corrected chi connectivity index (χ4v) is 3.77. The molecule has 3 N–H and O–H groups in total. The summed E-state index contributed by atoms with van der Waals surface area (Å²) in [5, 5.41) is 0.122. The maximum absolute atomic E-state index is 13.4. The Kier molecular flexibility index (Phi) is 6.00. The first-order valence-electron chi connectivity index (χ1n) is 9.01. The number of hydrogen-bond acceptors (Lipinski definition) is 7. The molecule has 3 aromatic rings. The molecule has 3 rings (SSSR count). The quantitative estimate of drug-likeness (QED) is 0.434. The monoisotopic (exact) mass is 450 g/mol. The zero-order chi connectivity index (χ0) is 22.9. The van der Waals surface area contributed by atoms with Crippen LogP contribution < -0.4 is 15.2 Å². The summed E-state index contributed by atoms with van der Waals surface area (Å²) < 4.78 is 56.5. The van der Waals surface area contributed by atoms with E-state index < -0.39 is 34.0 Å². The van der Waals surface area contributed by atoms with E-state index in [0.29, 0.717) is 5.56 Å². The lowest BCUT2D eigenvalue weighted by Gasteiger charge is -2.14. The minimum absolute atomic E-state index is 0.000626. The van der Waals surface area contributed by atoms with E-state index in [-0.39, 0.29) is 32.9 Å². The van der Waals surface area contributed by atoms with Crippen LogP contribution in [0.3, 0.4) is 0 Å². The van der Waals surface area contributed by atoms with Crippen LogP contribution in [0.1, 0.15) is 24.2 Å². The molecular weight excluding hydrogens is 431 g/mol. The number of primary amides is 1. The molecule has 0 spiro atoms. The largest absolute Gasteiger partial charge is 0.490 e. The van der Waals surface area contributed by atoms with Gasteiger partial charge in [-0.2, -0.15) is 0 Å². The third-order valence-corrected chi connectivity index (χ3v) is 5.61. The van der Waals surface area contributed by atoms with Gasteiger partial charge in [0, 0.05) is 17.0 Å². The minimum Gasteiger partial charge on any atom is -0.490 e. The number of ether oxygens (including phenoxy) is 2. The van der Waals surface area contributed by atoms with E-state index >= 15 is 0 Å². The summed E-state index contributed by atoms with van der Waals surface area (Å²) in [6.07, 6.45) is -1.73. The van der Waals surface area contributed by atoms with Crippen molar-refractivity contribution >= 4 is 33.1 Å². The van der Waals surface area contributed by atoms with Crippen LogP contribution >= 0.6 is 0 Å². The summed E-state index contributed by atoms with van der Waals surface area (Å²) in [7, 11) is -2.72. The lowest BCUT2D eigenvalue weighted by atomic mass is 10.1. The average Bonchev–Trinajstić information content (AvgIpc) is 3.05. The number of nitrogens with two attached hydrogens (primary N) is 1. The first kappa shape index (κ1) is 22.2. The number of hydrogen-bond donors (Lipinski definition) is 2. The van der Waals surface area contributed by atoms with Gasteiger partial charge in [-0.05, 0) is 51.2 Å². The van der Waals surface area contributed by atoms with Gasteiger partial charge in [0.25, 0.3) is 0 Å². The van der Waals surface area contributed by atoms with Crippen molar-refractivity contribution in [1.29, 1.82) is 0 Å². The standard InChI is InChI=1S/C20H19FN2O7S/c1-10(2)28-15-8-13-14(9-16(15)31(26,27)23-3)29-18(11-4-6-12(21)7-5-11)17(13)19(24)30-20(22)25/h4-10,23H,1-3H3,(H2,22,25). The maximum atomic E-state index is 13.4. The molecule has 11 heteroatoms. The van der Waals surface area contributed by atoms with Crippen molar-refractivity contribution in [1.82, 2.24) is 4.72 Å². The highest BCUT2D eigenvalue weighted by Crippen LogP contribution is 2.39. The van der Waals surface area contributed by atoms with Gasteiger partial charge >= 0.3 is 12.1 Å². The Morgan fingerprint density at radius 1 is 1.16 bits per heavy atom. The minimum atomic E-state index is -3.95. The zero-order valence-corrected chi connectivity index (χ0v) is 17.6. The van der Waals surface area contributed by atoms with Crippen molar-refractivity contribution in [3.63, 3.8) is 0 Å². The number of benzene rings is 2. The third kappa shape index (κ3) is 4.52. The zero-order valence-electron chi connectivity index (χ0n) is 16.8. The van der Waals surface area contributed by atoms with Crippen LogP contribution in [0.2, 0.25) is 0 Å². The van der Waals surface area contributed by atoms with Crippen LogP contribution in [0, 0.1) is 5.82 Å². The molecule has 2 aromatic carbocycles. The first-order valence-corrected chi connectivity index (χ1v) is 10.5. The molecule has 0 atom stereocenters. The van der Waals surface area contributed by atoms with Crippen molar-refractivity contribution < 1.29 is 36.3 Å². The number of sulfonamides is 1. The van der Waals surface area contributed by atoms with Gasteiger partial charge in [0.05, 0.1) is 6.10 Å². The van der Waals surface area contributed by atoms with Gasteiger partial charge in [-0.15, -0.1) is 0 Å². The molecule has 31 heavy (non-hydrogen) atoms. The number of carbonyl (C=O) groups excluding carboxylic acids is 2. The molecule has 1 heterocycles. The SMILES string of the molecule is CNS(=O)(=O)c1cc2oc(-c3ccc(F)cc3)c(C(=O)OC(N)=O)c2cc1OC(C)C. The lowest BCUT2D eigenvalue weighted by molar-refractivity contribution is 0.0640. The van der Waals surface area contributed by atoms with Crippen LogP contribution in [-0.4, -0.2) is 33.6 Å². The van der Waals surface area contributed by atoms with E-state index in [1.165, 1.54) is 31.3 Å². The fraction of sp³-hybridized carbons (Fsp3) is 0.200. The van der Waals surface area contributed by atoms with Crippen LogP contribution in [-0.2, 0) is 14.8 Å². The van der Waals surface area contributed by atoms with Gasteiger partial charge in [-0.1, -0.05) is 0 Å². The Balaban J connectivity index is 2.36. The van der Waals surface area contributed by atoms with Crippen LogP contribution in [0.4, 0.5) is 9.18 Å². The Hall–Kier alpha value is -3.44. The van der Waals surface area contributed by atoms with Crippen LogP contribution in [0.25, 0.3) is 22.3 Å². The number of rotatable bonds is 6. The summed E-state index contributed by atoms with van der Waals surface area (Å²) in [5.41, 5.74) is 5.07. The lowest BCUT2D eigenvalue weighted by Crippen LogP contribution is -2.20. The molecule has 1 aromatic heterocycles. The second-order valence-electron chi connectivity index (χ2n) is 6.69. The Labute approximate surface area is 177 Å². The molecular formula is C20H19FN2O7S. The highest BCUT2D eigenvalue weighted by atomic mass is 32.2. The molecule has 0 bridgehead atoms. The first-order chi connectivity index (χ1) is 14.5. The molecule has 0 aliphatic carbocycles. The van der Waals surface area contributed by atoms with Gasteiger partial charge < -0.3 is 19.6 Å². The van der Waals surface area contributed by atoms with E-state index in [1.54, 1.807) is 13.8 Å². The fourth-order valence-electron chi connectivity index (χ4n) is 2.92. The van der Waals surface area contributed by atoms with Crippen molar-refractivity contribution in [3.05, 3.63) is 47.8 Å². The molecule has 0 saturated carbocycles. The number of amides is 1. The van der Waals surface area contributed by atoms with Gasteiger partial charge in [0.1, 0.15) is 33.4 Å². The van der Waals surface area contributed by atoms with Crippen molar-refractivity contribution in [3.8, 4) is 17.1 Å². The van der Waals surface area contributed by atoms with E-state index in [9.17, 15) is 22.4 Å². The number of fused-ring (bicyclic) bond motifs is 1. The third-order valence-electron chi connectivity index (χ3n) is 4.18. The number of halogens is 1. The van der Waals surface area contributed by atoms with E-state index in [1.807, 2.05) is 0 Å². The second-order valence-corrected chi connectivity index (χ2v) is 8.55. The second kappa shape index (κ2) is 8.36. The molecule has 0 aliphatic rings. The summed E-state index contributed by atoms with van der Waals surface area (Å²) in [6, 6.07) is 7.49. The molecule has 9 nitrogen and oxygen atoms in total. The number of furan rings is 1. The number of nitrogens with one attached hydrogen (secondary N) is 1. The van der Waals surface area contributed by atoms with Gasteiger partial charge in [0.2, 0.25) is 10.0 Å². The number of esters is 1. The van der Waals surface area contributed by atoms with E-state index in [0.717, 1.165) is 12.1 Å². The molecule has 164 valence electrons. The molecule has 0 unspecified atom stereocenters. The van der Waals surface area contributed by atoms with Crippen molar-refractivity contribution in [2.75, 3.05) is 7.05 Å². The average molecular weight is 450 g/mol. The topological polar surface area (TPSA) is 138 Å². The molecule has 1 amide bonds. The highest BCUT2D eigenvalue weighted by Gasteiger charge is 2.29. The van der Waals surface area contributed by atoms with Crippen LogP contribution in [0.15, 0.2) is 45.7 Å². The van der Waals surface area contributed by atoms with Gasteiger partial charge in [-0.3, -0.25) is 0 Å². The van der Waals surface area contributed by atoms with Crippen LogP contribution in [0.5, 0.6) is 5.75 Å². The molecule has 0 saturated heterocycles. The summed E-state index contributed by atoms with van der Waals surface area (Å²) in [5.74, 6) is -1.74. The summed E-state index contributed by atoms with van der Waals surface area (Å²) in [4.78, 5) is 23.6.